The van der Waals surface area contributed by atoms with Crippen LogP contribution in [0.1, 0.15) is 70.4 Å². The van der Waals surface area contributed by atoms with Crippen molar-refractivity contribution in [1.29, 1.82) is 0 Å². The molecule has 0 fully saturated rings. The van der Waals surface area contributed by atoms with Gasteiger partial charge in [0, 0.05) is 0 Å². The van der Waals surface area contributed by atoms with E-state index >= 15 is 0 Å². The van der Waals surface area contributed by atoms with Crippen LogP contribution in [0.3, 0.4) is 0 Å². The minimum atomic E-state index is -0.190. The highest BCUT2D eigenvalue weighted by Gasteiger charge is 2.17. The van der Waals surface area contributed by atoms with Crippen molar-refractivity contribution >= 4 is 0 Å². The fourth-order valence-corrected chi connectivity index (χ4v) is 2.72. The summed E-state index contributed by atoms with van der Waals surface area (Å²) in [7, 11) is 0. The van der Waals surface area contributed by atoms with Crippen LogP contribution >= 0.6 is 0 Å². The van der Waals surface area contributed by atoms with Gasteiger partial charge >= 0.3 is 0 Å². The number of hydrogen-bond donors (Lipinski definition) is 1. The minimum Gasteiger partial charge on any atom is -0.392 e. The van der Waals surface area contributed by atoms with E-state index in [1.807, 2.05) is 0 Å². The molecule has 1 atom stereocenters. The van der Waals surface area contributed by atoms with Gasteiger partial charge in [0.05, 0.1) is 6.10 Å². The lowest BCUT2D eigenvalue weighted by molar-refractivity contribution is 0.0963. The first-order valence-electron chi connectivity index (χ1n) is 7.85. The van der Waals surface area contributed by atoms with Crippen LogP contribution in [0.2, 0.25) is 0 Å². The predicted molar refractivity (Wildman–Crippen MR) is 83.5 cm³/mol. The summed E-state index contributed by atoms with van der Waals surface area (Å²) in [4.78, 5) is 0. The highest BCUT2D eigenvalue weighted by atomic mass is 16.3. The van der Waals surface area contributed by atoms with Crippen molar-refractivity contribution in [3.8, 4) is 0 Å². The first-order valence-corrected chi connectivity index (χ1v) is 7.85. The van der Waals surface area contributed by atoms with Crippen molar-refractivity contribution in [1.82, 2.24) is 0 Å². The Balaban J connectivity index is 2.61. The van der Waals surface area contributed by atoms with Crippen molar-refractivity contribution in [2.75, 3.05) is 0 Å². The molecule has 0 heterocycles. The Hall–Kier alpha value is -0.820. The van der Waals surface area contributed by atoms with Gasteiger partial charge in [-0.25, -0.2) is 0 Å². The Kier molecular flexibility index (Phi) is 7.15. The Bertz CT molecular complexity index is 333. The predicted octanol–water partition coefficient (Wildman–Crippen LogP) is 4.93. The summed E-state index contributed by atoms with van der Waals surface area (Å²) in [5.41, 5.74) is 2.63. The zero-order chi connectivity index (χ0) is 14.3. The summed E-state index contributed by atoms with van der Waals surface area (Å²) in [6, 6.07) is 8.74. The fraction of sp³-hybridized carbons (Fsp3) is 0.667. The van der Waals surface area contributed by atoms with Gasteiger partial charge in [0.15, 0.2) is 0 Å². The zero-order valence-corrected chi connectivity index (χ0v) is 13.0. The van der Waals surface area contributed by atoms with Gasteiger partial charge < -0.3 is 5.11 Å². The molecule has 1 N–H and O–H groups in total. The third kappa shape index (κ3) is 5.36. The highest BCUT2D eigenvalue weighted by Crippen LogP contribution is 2.22. The topological polar surface area (TPSA) is 20.2 Å². The first-order chi connectivity index (χ1) is 9.08. The van der Waals surface area contributed by atoms with E-state index in [0.29, 0.717) is 11.8 Å². The molecule has 0 aromatic heterocycles. The average molecular weight is 262 g/mol. The van der Waals surface area contributed by atoms with Crippen LogP contribution in [-0.2, 0) is 6.42 Å². The Labute approximate surface area is 119 Å². The molecule has 1 nitrogen and oxygen atoms in total. The van der Waals surface area contributed by atoms with Crippen molar-refractivity contribution in [3.05, 3.63) is 35.4 Å². The van der Waals surface area contributed by atoms with Crippen LogP contribution in [0.4, 0.5) is 0 Å². The molecule has 0 radical (unpaired) electrons. The second kappa shape index (κ2) is 8.37. The lowest BCUT2D eigenvalue weighted by Crippen LogP contribution is -2.22. The molecule has 0 amide bonds. The van der Waals surface area contributed by atoms with Crippen LogP contribution < -0.4 is 0 Å². The highest BCUT2D eigenvalue weighted by molar-refractivity contribution is 5.25. The summed E-state index contributed by atoms with van der Waals surface area (Å²) < 4.78 is 0. The van der Waals surface area contributed by atoms with Crippen molar-refractivity contribution in [3.63, 3.8) is 0 Å². The second-order valence-corrected chi connectivity index (χ2v) is 6.01. The third-order valence-electron chi connectivity index (χ3n) is 3.95. The van der Waals surface area contributed by atoms with Crippen molar-refractivity contribution in [2.45, 2.75) is 71.8 Å². The van der Waals surface area contributed by atoms with Crippen LogP contribution in [0.5, 0.6) is 0 Å². The average Bonchev–Trinajstić information content (AvgIpc) is 2.39. The van der Waals surface area contributed by atoms with Gasteiger partial charge in [-0.2, -0.15) is 0 Å². The molecule has 1 aromatic carbocycles. The molecule has 1 aromatic rings. The van der Waals surface area contributed by atoms with E-state index in [-0.39, 0.29) is 6.10 Å². The van der Waals surface area contributed by atoms with Gasteiger partial charge in [0.1, 0.15) is 0 Å². The molecule has 0 aliphatic rings. The summed E-state index contributed by atoms with van der Waals surface area (Å²) in [5.74, 6) is 1.03. The maximum Gasteiger partial charge on any atom is 0.0608 e. The van der Waals surface area contributed by atoms with Gasteiger partial charge in [-0.3, -0.25) is 0 Å². The zero-order valence-electron chi connectivity index (χ0n) is 13.0. The summed E-state index contributed by atoms with van der Waals surface area (Å²) in [6.07, 6.45) is 5.20. The molecule has 1 unspecified atom stereocenters. The molecular formula is C18H30O. The Morgan fingerprint density at radius 1 is 0.947 bits per heavy atom. The lowest BCUT2D eigenvalue weighted by Gasteiger charge is -2.22. The Morgan fingerprint density at radius 3 is 1.89 bits per heavy atom. The molecule has 0 bridgehead atoms. The molecule has 0 aliphatic carbocycles. The van der Waals surface area contributed by atoms with Gasteiger partial charge in [-0.1, -0.05) is 64.8 Å². The fourth-order valence-electron chi connectivity index (χ4n) is 2.72. The van der Waals surface area contributed by atoms with Crippen LogP contribution in [0.25, 0.3) is 0 Å². The van der Waals surface area contributed by atoms with Crippen LogP contribution in [0.15, 0.2) is 24.3 Å². The smallest absolute Gasteiger partial charge is 0.0608 e. The first kappa shape index (κ1) is 16.2. The number of rotatable bonds is 8. The van der Waals surface area contributed by atoms with E-state index < -0.39 is 0 Å². The summed E-state index contributed by atoms with van der Waals surface area (Å²) >= 11 is 0. The number of aliphatic hydroxyl groups excluding tert-OH is 1. The van der Waals surface area contributed by atoms with Gasteiger partial charge in [0.25, 0.3) is 0 Å². The summed E-state index contributed by atoms with van der Waals surface area (Å²) in [5, 5.41) is 10.4. The van der Waals surface area contributed by atoms with Crippen molar-refractivity contribution in [2.24, 2.45) is 5.92 Å². The molecule has 1 rings (SSSR count). The molecule has 1 heteroatoms. The van der Waals surface area contributed by atoms with E-state index in [9.17, 15) is 5.11 Å². The molecule has 0 aliphatic heterocycles. The molecule has 0 saturated carbocycles. The molecule has 19 heavy (non-hydrogen) atoms. The summed E-state index contributed by atoms with van der Waals surface area (Å²) in [6.45, 7) is 8.82. The number of hydrogen-bond acceptors (Lipinski definition) is 1. The molecule has 108 valence electrons. The van der Waals surface area contributed by atoms with E-state index in [1.54, 1.807) is 0 Å². The quantitative estimate of drug-likeness (QED) is 0.704. The van der Waals surface area contributed by atoms with Gasteiger partial charge in [-0.05, 0) is 42.2 Å². The second-order valence-electron chi connectivity index (χ2n) is 6.01. The number of benzene rings is 1. The normalized spacial score (nSPS) is 13.2. The minimum absolute atomic E-state index is 0.190. The molecular weight excluding hydrogens is 232 g/mol. The van der Waals surface area contributed by atoms with Crippen LogP contribution in [0, 0.1) is 5.92 Å². The van der Waals surface area contributed by atoms with Crippen LogP contribution in [-0.4, -0.2) is 11.2 Å². The van der Waals surface area contributed by atoms with E-state index in [1.165, 1.54) is 11.1 Å². The van der Waals surface area contributed by atoms with E-state index in [0.717, 1.165) is 32.1 Å². The third-order valence-corrected chi connectivity index (χ3v) is 3.95. The lowest BCUT2D eigenvalue weighted by atomic mass is 9.88. The molecule has 0 saturated heterocycles. The maximum atomic E-state index is 10.4. The SMILES string of the molecule is CCCC(CCC)C(O)Cc1ccc(C(C)C)cc1. The Morgan fingerprint density at radius 2 is 1.47 bits per heavy atom. The standard InChI is InChI=1S/C18H30O/c1-5-7-17(8-6-2)18(19)13-15-9-11-16(12-10-15)14(3)4/h9-12,14,17-19H,5-8,13H2,1-4H3. The largest absolute Gasteiger partial charge is 0.392 e. The van der Waals surface area contributed by atoms with Crippen molar-refractivity contribution < 1.29 is 5.11 Å². The maximum absolute atomic E-state index is 10.4. The monoisotopic (exact) mass is 262 g/mol. The van der Waals surface area contributed by atoms with Gasteiger partial charge in [0.2, 0.25) is 0 Å². The molecule has 0 spiro atoms. The number of aliphatic hydroxyl groups is 1. The van der Waals surface area contributed by atoms with E-state index in [4.69, 9.17) is 0 Å². The van der Waals surface area contributed by atoms with Gasteiger partial charge in [-0.15, -0.1) is 0 Å². The van der Waals surface area contributed by atoms with E-state index in [2.05, 4.69) is 52.0 Å².